The van der Waals surface area contributed by atoms with Gasteiger partial charge in [-0.25, -0.2) is 0 Å². The molecular weight excluding hydrogens is 196 g/mol. The molecular formula is C12H17ClO. The molecule has 0 saturated heterocycles. The molecule has 0 unspecified atom stereocenters. The highest BCUT2D eigenvalue weighted by Crippen LogP contribution is 2.28. The van der Waals surface area contributed by atoms with Gasteiger partial charge < -0.3 is 5.11 Å². The van der Waals surface area contributed by atoms with Gasteiger partial charge in [0, 0.05) is 10.4 Å². The molecule has 0 saturated carbocycles. The van der Waals surface area contributed by atoms with E-state index >= 15 is 0 Å². The van der Waals surface area contributed by atoms with Gasteiger partial charge in [-0.05, 0) is 29.7 Å². The van der Waals surface area contributed by atoms with Crippen molar-refractivity contribution in [2.24, 2.45) is 0 Å². The first-order valence-corrected chi connectivity index (χ1v) is 5.29. The van der Waals surface area contributed by atoms with Gasteiger partial charge in [-0.15, -0.1) is 0 Å². The quantitative estimate of drug-likeness (QED) is 0.816. The molecule has 1 rings (SSSR count). The molecule has 0 aliphatic carbocycles. The first kappa shape index (κ1) is 11.5. The van der Waals surface area contributed by atoms with Crippen molar-refractivity contribution in [3.63, 3.8) is 0 Å². The maximum absolute atomic E-state index is 9.32. The Hall–Kier alpha value is -0.530. The van der Waals surface area contributed by atoms with Crippen LogP contribution in [0.5, 0.6) is 0 Å². The predicted octanol–water partition coefficient (Wildman–Crippen LogP) is 3.17. The summed E-state index contributed by atoms with van der Waals surface area (Å²) in [5.41, 5.74) is 2.19. The fraction of sp³-hybridized carbons (Fsp3) is 0.500. The van der Waals surface area contributed by atoms with Crippen LogP contribution in [0.1, 0.15) is 31.9 Å². The Kier molecular flexibility index (Phi) is 3.57. The van der Waals surface area contributed by atoms with Gasteiger partial charge >= 0.3 is 0 Å². The first-order valence-electron chi connectivity index (χ1n) is 4.91. The summed E-state index contributed by atoms with van der Waals surface area (Å²) in [5, 5.41) is 10.1. The zero-order valence-electron chi connectivity index (χ0n) is 8.97. The van der Waals surface area contributed by atoms with Gasteiger partial charge in [-0.3, -0.25) is 0 Å². The molecule has 0 aromatic heterocycles. The van der Waals surface area contributed by atoms with Gasteiger partial charge in [-0.1, -0.05) is 38.4 Å². The topological polar surface area (TPSA) is 20.2 Å². The van der Waals surface area contributed by atoms with E-state index in [4.69, 9.17) is 11.6 Å². The second-order valence-electron chi connectivity index (χ2n) is 4.20. The van der Waals surface area contributed by atoms with E-state index in [1.165, 1.54) is 5.56 Å². The van der Waals surface area contributed by atoms with E-state index in [0.717, 1.165) is 17.0 Å². The Bertz CT molecular complexity index is 318. The third-order valence-electron chi connectivity index (χ3n) is 2.58. The lowest BCUT2D eigenvalue weighted by atomic mass is 9.82. The highest BCUT2D eigenvalue weighted by molar-refractivity contribution is 6.30. The lowest BCUT2D eigenvalue weighted by Gasteiger charge is -2.25. The van der Waals surface area contributed by atoms with Crippen LogP contribution in [0.25, 0.3) is 0 Å². The van der Waals surface area contributed by atoms with E-state index in [-0.39, 0.29) is 12.0 Å². The molecule has 1 aromatic carbocycles. The van der Waals surface area contributed by atoms with Crippen LogP contribution in [0.3, 0.4) is 0 Å². The van der Waals surface area contributed by atoms with Crippen molar-refractivity contribution in [3.8, 4) is 0 Å². The summed E-state index contributed by atoms with van der Waals surface area (Å²) >= 11 is 5.96. The SMILES string of the molecule is CCc1ccc(Cl)cc1C(C)(C)CO. The lowest BCUT2D eigenvalue weighted by molar-refractivity contribution is 0.218. The average Bonchev–Trinajstić information content (AvgIpc) is 2.18. The van der Waals surface area contributed by atoms with Gasteiger partial charge in [0.15, 0.2) is 0 Å². The monoisotopic (exact) mass is 212 g/mol. The minimum atomic E-state index is -0.212. The summed E-state index contributed by atoms with van der Waals surface area (Å²) in [5.74, 6) is 0. The fourth-order valence-electron chi connectivity index (χ4n) is 1.57. The van der Waals surface area contributed by atoms with Crippen molar-refractivity contribution in [2.45, 2.75) is 32.6 Å². The predicted molar refractivity (Wildman–Crippen MR) is 60.9 cm³/mol. The number of benzene rings is 1. The van der Waals surface area contributed by atoms with E-state index in [0.29, 0.717) is 0 Å². The van der Waals surface area contributed by atoms with Gasteiger partial charge in [0.25, 0.3) is 0 Å². The van der Waals surface area contributed by atoms with E-state index in [1.807, 2.05) is 32.0 Å². The van der Waals surface area contributed by atoms with E-state index in [1.54, 1.807) is 0 Å². The lowest BCUT2D eigenvalue weighted by Crippen LogP contribution is -2.23. The molecule has 1 N–H and O–H groups in total. The van der Waals surface area contributed by atoms with Gasteiger partial charge in [-0.2, -0.15) is 0 Å². The van der Waals surface area contributed by atoms with Crippen LogP contribution >= 0.6 is 11.6 Å². The largest absolute Gasteiger partial charge is 0.395 e. The molecule has 0 atom stereocenters. The van der Waals surface area contributed by atoms with Crippen LogP contribution in [-0.4, -0.2) is 11.7 Å². The van der Waals surface area contributed by atoms with Crippen LogP contribution < -0.4 is 0 Å². The summed E-state index contributed by atoms with van der Waals surface area (Å²) in [6.07, 6.45) is 0.968. The molecule has 14 heavy (non-hydrogen) atoms. The van der Waals surface area contributed by atoms with Crippen molar-refractivity contribution in [1.82, 2.24) is 0 Å². The molecule has 2 heteroatoms. The Labute approximate surface area is 90.7 Å². The van der Waals surface area contributed by atoms with Gasteiger partial charge in [0.05, 0.1) is 6.61 Å². The van der Waals surface area contributed by atoms with Crippen LogP contribution in [0.15, 0.2) is 18.2 Å². The molecule has 78 valence electrons. The van der Waals surface area contributed by atoms with Crippen molar-refractivity contribution in [3.05, 3.63) is 34.3 Å². The van der Waals surface area contributed by atoms with Crippen molar-refractivity contribution in [2.75, 3.05) is 6.61 Å². The van der Waals surface area contributed by atoms with E-state index in [9.17, 15) is 5.11 Å². The minimum absolute atomic E-state index is 0.139. The Morgan fingerprint density at radius 2 is 2.00 bits per heavy atom. The number of aliphatic hydroxyl groups excluding tert-OH is 1. The van der Waals surface area contributed by atoms with Crippen molar-refractivity contribution in [1.29, 1.82) is 0 Å². The molecule has 0 bridgehead atoms. The number of hydrogen-bond acceptors (Lipinski definition) is 1. The second kappa shape index (κ2) is 4.33. The molecule has 1 nitrogen and oxygen atoms in total. The zero-order chi connectivity index (χ0) is 10.8. The molecule has 0 aliphatic rings. The second-order valence-corrected chi connectivity index (χ2v) is 4.63. The van der Waals surface area contributed by atoms with Crippen molar-refractivity contribution >= 4 is 11.6 Å². The number of halogens is 1. The van der Waals surface area contributed by atoms with Crippen molar-refractivity contribution < 1.29 is 5.11 Å². The molecule has 1 aromatic rings. The third-order valence-corrected chi connectivity index (χ3v) is 2.81. The smallest absolute Gasteiger partial charge is 0.0522 e. The molecule has 0 fully saturated rings. The van der Waals surface area contributed by atoms with Gasteiger partial charge in [0.2, 0.25) is 0 Å². The number of rotatable bonds is 3. The Morgan fingerprint density at radius 3 is 2.50 bits per heavy atom. The minimum Gasteiger partial charge on any atom is -0.395 e. The van der Waals surface area contributed by atoms with Gasteiger partial charge in [0.1, 0.15) is 0 Å². The molecule has 0 heterocycles. The maximum atomic E-state index is 9.32. The zero-order valence-corrected chi connectivity index (χ0v) is 9.73. The number of hydrogen-bond donors (Lipinski definition) is 1. The highest BCUT2D eigenvalue weighted by atomic mass is 35.5. The summed E-state index contributed by atoms with van der Waals surface area (Å²) in [6.45, 7) is 6.30. The van der Waals surface area contributed by atoms with E-state index in [2.05, 4.69) is 6.92 Å². The van der Waals surface area contributed by atoms with E-state index < -0.39 is 0 Å². The fourth-order valence-corrected chi connectivity index (χ4v) is 1.74. The molecule has 0 spiro atoms. The van der Waals surface area contributed by atoms with Crippen LogP contribution in [0, 0.1) is 0 Å². The normalized spacial score (nSPS) is 11.8. The average molecular weight is 213 g/mol. The number of aryl methyl sites for hydroxylation is 1. The summed E-state index contributed by atoms with van der Waals surface area (Å²) in [7, 11) is 0. The first-order chi connectivity index (χ1) is 6.51. The summed E-state index contributed by atoms with van der Waals surface area (Å²) in [4.78, 5) is 0. The third kappa shape index (κ3) is 2.28. The number of aliphatic hydroxyl groups is 1. The molecule has 0 amide bonds. The summed E-state index contributed by atoms with van der Waals surface area (Å²) in [6, 6.07) is 5.89. The Balaban J connectivity index is 3.23. The standard InChI is InChI=1S/C12H17ClO/c1-4-9-5-6-10(13)7-11(9)12(2,3)8-14/h5-7,14H,4,8H2,1-3H3. The van der Waals surface area contributed by atoms with Crippen LogP contribution in [-0.2, 0) is 11.8 Å². The van der Waals surface area contributed by atoms with Crippen LogP contribution in [0.4, 0.5) is 0 Å². The maximum Gasteiger partial charge on any atom is 0.0522 e. The molecule has 0 aliphatic heterocycles. The highest BCUT2D eigenvalue weighted by Gasteiger charge is 2.22. The van der Waals surface area contributed by atoms with Crippen LogP contribution in [0.2, 0.25) is 5.02 Å². The Morgan fingerprint density at radius 1 is 1.36 bits per heavy atom. The summed E-state index contributed by atoms with van der Waals surface area (Å²) < 4.78 is 0. The molecule has 0 radical (unpaired) electrons.